The van der Waals surface area contributed by atoms with Crippen molar-refractivity contribution >= 4 is 35.0 Å². The fraction of sp³-hybridized carbons (Fsp3) is 0.333. The Balaban J connectivity index is 1.96. The highest BCUT2D eigenvalue weighted by Crippen LogP contribution is 2.31. The first kappa shape index (κ1) is 27.8. The Morgan fingerprint density at radius 1 is 0.833 bits per heavy atom. The van der Waals surface area contributed by atoms with E-state index in [-0.39, 0.29) is 30.7 Å². The normalized spacial score (nSPS) is 11.8. The smallest absolute Gasteiger partial charge is 0.242 e. The number of rotatable bonds is 12. The number of hydrogen-bond acceptors (Lipinski definition) is 2. The number of nitrogens with one attached hydrogen (secondary N) is 1. The van der Waals surface area contributed by atoms with Crippen LogP contribution < -0.4 is 5.32 Å². The predicted octanol–water partition coefficient (Wildman–Crippen LogP) is 7.24. The molecule has 1 atom stereocenters. The third-order valence-electron chi connectivity index (χ3n) is 6.39. The fourth-order valence-corrected chi connectivity index (χ4v) is 4.89. The number of hydrogen-bond donors (Lipinski definition) is 1. The largest absolute Gasteiger partial charge is 0.354 e. The van der Waals surface area contributed by atoms with Gasteiger partial charge in [0.1, 0.15) is 6.04 Å². The highest BCUT2D eigenvalue weighted by Gasteiger charge is 2.31. The molecule has 0 aromatic heterocycles. The van der Waals surface area contributed by atoms with E-state index < -0.39 is 6.04 Å². The van der Waals surface area contributed by atoms with Crippen molar-refractivity contribution in [3.63, 3.8) is 0 Å². The van der Waals surface area contributed by atoms with Crippen LogP contribution in [-0.4, -0.2) is 29.3 Å². The van der Waals surface area contributed by atoms with Gasteiger partial charge in [0.15, 0.2) is 0 Å². The minimum atomic E-state index is -0.631. The van der Waals surface area contributed by atoms with Crippen LogP contribution in [0.1, 0.15) is 62.1 Å². The van der Waals surface area contributed by atoms with E-state index in [4.69, 9.17) is 23.2 Å². The highest BCUT2D eigenvalue weighted by atomic mass is 35.5. The number of amides is 2. The zero-order chi connectivity index (χ0) is 25.9. The monoisotopic (exact) mass is 524 g/mol. The third-order valence-corrected chi connectivity index (χ3v) is 7.10. The average molecular weight is 526 g/mol. The van der Waals surface area contributed by atoms with Gasteiger partial charge in [-0.15, -0.1) is 0 Å². The fourth-order valence-electron chi connectivity index (χ4n) is 4.37. The zero-order valence-electron chi connectivity index (χ0n) is 20.9. The predicted molar refractivity (Wildman–Crippen MR) is 148 cm³/mol. The number of benzene rings is 3. The van der Waals surface area contributed by atoms with Crippen molar-refractivity contribution in [3.05, 3.63) is 106 Å². The van der Waals surface area contributed by atoms with Crippen LogP contribution in [0.5, 0.6) is 0 Å². The standard InChI is InChI=1S/C30H34Cl2N2O2/c1-3-5-19-33-30(36)28(4-2)34(21-25-26(31)17-12-18-27(25)32)29(35)20-24(22-13-8-6-9-14-22)23-15-10-7-11-16-23/h6-18,24,28H,3-5,19-21H2,1-2H3,(H,33,36). The molecule has 0 radical (unpaired) electrons. The van der Waals surface area contributed by atoms with Crippen LogP contribution in [0.3, 0.4) is 0 Å². The molecule has 190 valence electrons. The second-order valence-corrected chi connectivity index (χ2v) is 9.68. The van der Waals surface area contributed by atoms with Crippen molar-refractivity contribution in [1.82, 2.24) is 10.2 Å². The lowest BCUT2D eigenvalue weighted by Crippen LogP contribution is -2.49. The summed E-state index contributed by atoms with van der Waals surface area (Å²) >= 11 is 13.0. The van der Waals surface area contributed by atoms with Gasteiger partial charge in [-0.05, 0) is 36.1 Å². The summed E-state index contributed by atoms with van der Waals surface area (Å²) in [4.78, 5) is 28.9. The van der Waals surface area contributed by atoms with Gasteiger partial charge in [-0.3, -0.25) is 9.59 Å². The molecule has 4 nitrogen and oxygen atoms in total. The van der Waals surface area contributed by atoms with Crippen molar-refractivity contribution in [1.29, 1.82) is 0 Å². The molecule has 6 heteroatoms. The number of nitrogens with zero attached hydrogens (tertiary/aromatic N) is 1. The van der Waals surface area contributed by atoms with Gasteiger partial charge in [0.05, 0.1) is 0 Å². The van der Waals surface area contributed by atoms with Crippen molar-refractivity contribution in [3.8, 4) is 0 Å². The first-order valence-electron chi connectivity index (χ1n) is 12.6. The average Bonchev–Trinajstić information content (AvgIpc) is 2.90. The lowest BCUT2D eigenvalue weighted by molar-refractivity contribution is -0.141. The van der Waals surface area contributed by atoms with E-state index in [0.29, 0.717) is 28.6 Å². The minimum absolute atomic E-state index is 0.124. The molecule has 0 aliphatic rings. The van der Waals surface area contributed by atoms with Crippen LogP contribution >= 0.6 is 23.2 Å². The Labute approximate surface area is 224 Å². The highest BCUT2D eigenvalue weighted by molar-refractivity contribution is 6.36. The molecule has 1 N–H and O–H groups in total. The van der Waals surface area contributed by atoms with E-state index in [9.17, 15) is 9.59 Å². The Kier molecular flexibility index (Phi) is 10.8. The maximum Gasteiger partial charge on any atom is 0.242 e. The molecule has 2 amide bonds. The summed E-state index contributed by atoms with van der Waals surface area (Å²) in [5.74, 6) is -0.426. The molecule has 0 bridgehead atoms. The van der Waals surface area contributed by atoms with Gasteiger partial charge in [0, 0.05) is 41.0 Å². The molecule has 0 aliphatic carbocycles. The van der Waals surface area contributed by atoms with Gasteiger partial charge in [-0.1, -0.05) is 110 Å². The van der Waals surface area contributed by atoms with Crippen molar-refractivity contribution < 1.29 is 9.59 Å². The summed E-state index contributed by atoms with van der Waals surface area (Å²) in [5, 5.41) is 3.96. The lowest BCUT2D eigenvalue weighted by atomic mass is 9.88. The van der Waals surface area contributed by atoms with Gasteiger partial charge in [-0.25, -0.2) is 0 Å². The molecule has 0 spiro atoms. The molecule has 1 unspecified atom stereocenters. The maximum absolute atomic E-state index is 14.0. The summed E-state index contributed by atoms with van der Waals surface area (Å²) in [7, 11) is 0. The first-order valence-corrected chi connectivity index (χ1v) is 13.3. The number of carbonyl (C=O) groups excluding carboxylic acids is 2. The van der Waals surface area contributed by atoms with Crippen LogP contribution in [-0.2, 0) is 16.1 Å². The summed E-state index contributed by atoms with van der Waals surface area (Å²) < 4.78 is 0. The molecule has 36 heavy (non-hydrogen) atoms. The van der Waals surface area contributed by atoms with Crippen LogP contribution in [0.2, 0.25) is 10.0 Å². The summed E-state index contributed by atoms with van der Waals surface area (Å²) in [6.45, 7) is 4.74. The molecule has 3 rings (SSSR count). The van der Waals surface area contributed by atoms with Crippen LogP contribution in [0.15, 0.2) is 78.9 Å². The summed E-state index contributed by atoms with van der Waals surface area (Å²) in [6.07, 6.45) is 2.56. The van der Waals surface area contributed by atoms with Crippen molar-refractivity contribution in [2.24, 2.45) is 0 Å². The molecule has 0 aliphatic heterocycles. The number of unbranched alkanes of at least 4 members (excludes halogenated alkanes) is 1. The van der Waals surface area contributed by atoms with E-state index in [0.717, 1.165) is 24.0 Å². The van der Waals surface area contributed by atoms with Crippen LogP contribution in [0, 0.1) is 0 Å². The van der Waals surface area contributed by atoms with Gasteiger partial charge < -0.3 is 10.2 Å². The molecular weight excluding hydrogens is 491 g/mol. The Morgan fingerprint density at radius 3 is 1.89 bits per heavy atom. The molecule has 0 heterocycles. The van der Waals surface area contributed by atoms with E-state index in [1.54, 1.807) is 23.1 Å². The van der Waals surface area contributed by atoms with E-state index in [1.165, 1.54) is 0 Å². The topological polar surface area (TPSA) is 49.4 Å². The van der Waals surface area contributed by atoms with Gasteiger partial charge in [-0.2, -0.15) is 0 Å². The van der Waals surface area contributed by atoms with E-state index >= 15 is 0 Å². The van der Waals surface area contributed by atoms with E-state index in [2.05, 4.69) is 12.2 Å². The maximum atomic E-state index is 14.0. The second kappa shape index (κ2) is 14.1. The Bertz CT molecular complexity index is 1060. The molecule has 0 fully saturated rings. The van der Waals surface area contributed by atoms with Crippen molar-refractivity contribution in [2.45, 2.75) is 58.0 Å². The van der Waals surface area contributed by atoms with Crippen molar-refractivity contribution in [2.75, 3.05) is 6.54 Å². The molecule has 3 aromatic rings. The molecular formula is C30H34Cl2N2O2. The third kappa shape index (κ3) is 7.35. The van der Waals surface area contributed by atoms with Gasteiger partial charge in [0.25, 0.3) is 0 Å². The van der Waals surface area contributed by atoms with Crippen LogP contribution in [0.4, 0.5) is 0 Å². The SMILES string of the molecule is CCCCNC(=O)C(CC)N(Cc1c(Cl)cccc1Cl)C(=O)CC(c1ccccc1)c1ccccc1. The van der Waals surface area contributed by atoms with Crippen LogP contribution in [0.25, 0.3) is 0 Å². The van der Waals surface area contributed by atoms with E-state index in [1.807, 2.05) is 67.6 Å². The quantitative estimate of drug-likeness (QED) is 0.254. The van der Waals surface area contributed by atoms with Gasteiger partial charge in [0.2, 0.25) is 11.8 Å². The Hall–Kier alpha value is -2.82. The lowest BCUT2D eigenvalue weighted by Gasteiger charge is -2.32. The van der Waals surface area contributed by atoms with Gasteiger partial charge >= 0.3 is 0 Å². The molecule has 3 aromatic carbocycles. The first-order chi connectivity index (χ1) is 17.5. The number of carbonyl (C=O) groups is 2. The number of halogens is 2. The Morgan fingerprint density at radius 2 is 1.39 bits per heavy atom. The second-order valence-electron chi connectivity index (χ2n) is 8.87. The minimum Gasteiger partial charge on any atom is -0.354 e. The summed E-state index contributed by atoms with van der Waals surface area (Å²) in [6, 6.07) is 24.6. The molecule has 0 saturated carbocycles. The summed E-state index contributed by atoms with van der Waals surface area (Å²) in [5.41, 5.74) is 2.74. The molecule has 0 saturated heterocycles. The zero-order valence-corrected chi connectivity index (χ0v) is 22.4.